The lowest BCUT2D eigenvalue weighted by molar-refractivity contribution is 0.0185. The van der Waals surface area contributed by atoms with Gasteiger partial charge in [-0.2, -0.15) is 0 Å². The normalized spacial score (nSPS) is 17.2. The molecule has 0 bridgehead atoms. The number of rotatable bonds is 2. The fraction of sp³-hybridized carbons (Fsp3) is 0.600. The fourth-order valence-electron chi connectivity index (χ4n) is 3.18. The van der Waals surface area contributed by atoms with Gasteiger partial charge in [0.15, 0.2) is 0 Å². The summed E-state index contributed by atoms with van der Waals surface area (Å²) in [7, 11) is 0. The first-order valence-corrected chi connectivity index (χ1v) is 8.79. The largest absolute Gasteiger partial charge is 0.298 e. The van der Waals surface area contributed by atoms with Gasteiger partial charge < -0.3 is 0 Å². The third-order valence-electron chi connectivity index (χ3n) is 5.22. The lowest BCUT2D eigenvalue weighted by Gasteiger charge is -2.46. The number of nitrogens with zero attached hydrogens (tertiary/aromatic N) is 3. The van der Waals surface area contributed by atoms with Crippen LogP contribution in [0.2, 0.25) is 0 Å². The Morgan fingerprint density at radius 2 is 1.83 bits per heavy atom. The van der Waals surface area contributed by atoms with Gasteiger partial charge in [0.1, 0.15) is 5.65 Å². The molecule has 0 aliphatic carbocycles. The SMILES string of the molecule is CC(C)(C)c1ccn2c(=O)c(CN3CC(C(C)(C)C)C3)cnc2c1. The van der Waals surface area contributed by atoms with E-state index in [2.05, 4.69) is 51.4 Å². The van der Waals surface area contributed by atoms with Gasteiger partial charge in [0.25, 0.3) is 5.56 Å². The van der Waals surface area contributed by atoms with Crippen LogP contribution in [-0.4, -0.2) is 27.4 Å². The topological polar surface area (TPSA) is 37.6 Å². The molecule has 0 radical (unpaired) electrons. The summed E-state index contributed by atoms with van der Waals surface area (Å²) in [4.78, 5) is 19.6. The molecule has 0 saturated carbocycles. The average Bonchev–Trinajstić information content (AvgIpc) is 2.41. The minimum atomic E-state index is 0.0533. The van der Waals surface area contributed by atoms with Crippen LogP contribution < -0.4 is 5.56 Å². The van der Waals surface area contributed by atoms with Gasteiger partial charge in [-0.25, -0.2) is 4.98 Å². The minimum Gasteiger partial charge on any atom is -0.298 e. The molecule has 0 N–H and O–H groups in total. The molecule has 1 aliphatic rings. The number of likely N-dealkylation sites (tertiary alicyclic amines) is 1. The smallest absolute Gasteiger partial charge is 0.262 e. The summed E-state index contributed by atoms with van der Waals surface area (Å²) in [5, 5.41) is 0. The second kappa shape index (κ2) is 5.69. The molecule has 4 heteroatoms. The van der Waals surface area contributed by atoms with Crippen molar-refractivity contribution in [2.24, 2.45) is 11.3 Å². The van der Waals surface area contributed by atoms with E-state index in [-0.39, 0.29) is 11.0 Å². The van der Waals surface area contributed by atoms with Crippen molar-refractivity contribution >= 4 is 5.65 Å². The van der Waals surface area contributed by atoms with Crippen LogP contribution >= 0.6 is 0 Å². The van der Waals surface area contributed by atoms with Crippen LogP contribution in [0.1, 0.15) is 52.7 Å². The zero-order chi connectivity index (χ0) is 17.7. The first kappa shape index (κ1) is 17.2. The second-order valence-corrected chi connectivity index (χ2v) is 9.24. The molecular formula is C20H29N3O. The van der Waals surface area contributed by atoms with Gasteiger partial charge in [-0.1, -0.05) is 41.5 Å². The third-order valence-corrected chi connectivity index (χ3v) is 5.22. The van der Waals surface area contributed by atoms with E-state index < -0.39 is 0 Å². The molecule has 0 amide bonds. The van der Waals surface area contributed by atoms with E-state index in [1.165, 1.54) is 5.56 Å². The van der Waals surface area contributed by atoms with Gasteiger partial charge in [0.05, 0.1) is 5.56 Å². The second-order valence-electron chi connectivity index (χ2n) is 9.24. The zero-order valence-corrected chi connectivity index (χ0v) is 15.8. The molecule has 1 aliphatic heterocycles. The number of pyridine rings is 1. The molecule has 24 heavy (non-hydrogen) atoms. The minimum absolute atomic E-state index is 0.0533. The van der Waals surface area contributed by atoms with Gasteiger partial charge in [0.2, 0.25) is 0 Å². The van der Waals surface area contributed by atoms with E-state index in [0.29, 0.717) is 17.9 Å². The summed E-state index contributed by atoms with van der Waals surface area (Å²) in [5.74, 6) is 0.711. The summed E-state index contributed by atoms with van der Waals surface area (Å²) in [6, 6.07) is 4.05. The fourth-order valence-corrected chi connectivity index (χ4v) is 3.18. The van der Waals surface area contributed by atoms with Gasteiger partial charge in [-0.05, 0) is 34.4 Å². The molecule has 0 aromatic carbocycles. The molecule has 3 heterocycles. The Balaban J connectivity index is 1.82. The molecule has 4 nitrogen and oxygen atoms in total. The summed E-state index contributed by atoms with van der Waals surface area (Å²) >= 11 is 0. The quantitative estimate of drug-likeness (QED) is 0.847. The molecular weight excluding hydrogens is 298 g/mol. The number of hydrogen-bond donors (Lipinski definition) is 0. The molecule has 2 aromatic heterocycles. The molecule has 2 aromatic rings. The van der Waals surface area contributed by atoms with Crippen LogP contribution in [0.3, 0.4) is 0 Å². The maximum absolute atomic E-state index is 12.7. The van der Waals surface area contributed by atoms with Crippen LogP contribution in [0.15, 0.2) is 29.3 Å². The molecule has 0 unspecified atom stereocenters. The molecule has 3 rings (SSSR count). The van der Waals surface area contributed by atoms with Crippen molar-refractivity contribution in [1.82, 2.24) is 14.3 Å². The summed E-state index contributed by atoms with van der Waals surface area (Å²) in [6.45, 7) is 16.2. The van der Waals surface area contributed by atoms with Crippen LogP contribution in [0, 0.1) is 11.3 Å². The van der Waals surface area contributed by atoms with E-state index in [1.807, 2.05) is 18.3 Å². The highest BCUT2D eigenvalue weighted by Crippen LogP contribution is 2.34. The van der Waals surface area contributed by atoms with Crippen LogP contribution in [0.4, 0.5) is 0 Å². The van der Waals surface area contributed by atoms with E-state index in [4.69, 9.17) is 0 Å². The Morgan fingerprint density at radius 1 is 1.17 bits per heavy atom. The Hall–Kier alpha value is -1.68. The van der Waals surface area contributed by atoms with Crippen molar-refractivity contribution in [3.8, 4) is 0 Å². The lowest BCUT2D eigenvalue weighted by Crippen LogP contribution is -2.52. The Morgan fingerprint density at radius 3 is 2.42 bits per heavy atom. The van der Waals surface area contributed by atoms with Gasteiger partial charge in [-0.3, -0.25) is 14.1 Å². The molecule has 130 valence electrons. The molecule has 1 saturated heterocycles. The van der Waals surface area contributed by atoms with Crippen LogP contribution in [-0.2, 0) is 12.0 Å². The first-order valence-electron chi connectivity index (χ1n) is 8.79. The van der Waals surface area contributed by atoms with Crippen molar-refractivity contribution in [3.63, 3.8) is 0 Å². The molecule has 1 fully saturated rings. The van der Waals surface area contributed by atoms with Crippen molar-refractivity contribution in [1.29, 1.82) is 0 Å². The standard InChI is InChI=1S/C20H29N3O/c1-19(2,3)15-7-8-23-17(9-15)21-10-14(18(23)24)11-22-12-16(13-22)20(4,5)6/h7-10,16H,11-13H2,1-6H3. The van der Waals surface area contributed by atoms with Crippen molar-refractivity contribution in [2.45, 2.75) is 53.5 Å². The van der Waals surface area contributed by atoms with Crippen LogP contribution in [0.25, 0.3) is 5.65 Å². The first-order chi connectivity index (χ1) is 11.1. The zero-order valence-electron chi connectivity index (χ0n) is 15.8. The van der Waals surface area contributed by atoms with E-state index in [0.717, 1.165) is 24.3 Å². The predicted molar refractivity (Wildman–Crippen MR) is 98.4 cm³/mol. The summed E-state index contributed by atoms with van der Waals surface area (Å²) in [6.07, 6.45) is 3.62. The highest BCUT2D eigenvalue weighted by Gasteiger charge is 2.35. The monoisotopic (exact) mass is 327 g/mol. The Labute approximate surface area is 144 Å². The van der Waals surface area contributed by atoms with Gasteiger partial charge >= 0.3 is 0 Å². The van der Waals surface area contributed by atoms with Gasteiger partial charge in [0, 0.05) is 32.0 Å². The van der Waals surface area contributed by atoms with E-state index in [1.54, 1.807) is 10.6 Å². The third kappa shape index (κ3) is 3.25. The Kier molecular flexibility index (Phi) is 4.07. The average molecular weight is 327 g/mol. The van der Waals surface area contributed by atoms with Crippen molar-refractivity contribution < 1.29 is 0 Å². The van der Waals surface area contributed by atoms with Gasteiger partial charge in [-0.15, -0.1) is 0 Å². The number of aromatic nitrogens is 2. The molecule has 0 atom stereocenters. The maximum atomic E-state index is 12.7. The van der Waals surface area contributed by atoms with Crippen molar-refractivity contribution in [2.75, 3.05) is 13.1 Å². The number of fused-ring (bicyclic) bond motifs is 1. The summed E-state index contributed by atoms with van der Waals surface area (Å²) < 4.78 is 1.67. The highest BCUT2D eigenvalue weighted by molar-refractivity contribution is 5.43. The number of hydrogen-bond acceptors (Lipinski definition) is 3. The molecule has 0 spiro atoms. The van der Waals surface area contributed by atoms with E-state index in [9.17, 15) is 4.79 Å². The van der Waals surface area contributed by atoms with Crippen LogP contribution in [0.5, 0.6) is 0 Å². The lowest BCUT2D eigenvalue weighted by atomic mass is 9.76. The van der Waals surface area contributed by atoms with E-state index >= 15 is 0 Å². The highest BCUT2D eigenvalue weighted by atomic mass is 16.1. The Bertz CT molecular complexity index is 802. The maximum Gasteiger partial charge on any atom is 0.262 e. The summed E-state index contributed by atoms with van der Waals surface area (Å²) in [5.41, 5.74) is 3.15. The van der Waals surface area contributed by atoms with Crippen molar-refractivity contribution in [3.05, 3.63) is 46.0 Å². The predicted octanol–water partition coefficient (Wildman–Crippen LogP) is 3.47.